The summed E-state index contributed by atoms with van der Waals surface area (Å²) in [5.41, 5.74) is 3.16. The number of aromatic nitrogens is 1. The molecular weight excluding hydrogens is 482 g/mol. The molecular formula is C29H43N5O2S. The number of unbranched alkanes of at least 4 members (excludes halogenated alkanes) is 1. The van der Waals surface area contributed by atoms with Crippen LogP contribution < -0.4 is 10.1 Å². The van der Waals surface area contributed by atoms with Gasteiger partial charge >= 0.3 is 6.03 Å². The Morgan fingerprint density at radius 2 is 1.97 bits per heavy atom. The average molecular weight is 526 g/mol. The first-order valence-corrected chi connectivity index (χ1v) is 15.2. The standard InChI is InChI=1S/C29H43N5O2S/c1-3-5-7-22-9-12-27(36-4-2)25(18-22)26-21-37-28(30-26)31-29(35)33-16-14-32(15-17-33)19-23-8-6-13-34(20-23)24-10-11-24/h9,12,18,21,23-24H,3-8,10-11,13-17,19-20H2,1-2H3,(H,30,31,35)/t23-/m0/s1. The highest BCUT2D eigenvalue weighted by molar-refractivity contribution is 7.14. The first kappa shape index (κ1) is 26.4. The molecule has 2 aromatic rings. The number of nitrogens with zero attached hydrogens (tertiary/aromatic N) is 4. The predicted octanol–water partition coefficient (Wildman–Crippen LogP) is 5.58. The number of carbonyl (C=O) groups excluding carboxylic acids is 1. The van der Waals surface area contributed by atoms with Crippen LogP contribution in [0.4, 0.5) is 9.93 Å². The van der Waals surface area contributed by atoms with Crippen LogP contribution >= 0.6 is 11.3 Å². The third-order valence-electron chi connectivity index (χ3n) is 7.95. The highest BCUT2D eigenvalue weighted by Crippen LogP contribution is 2.34. The van der Waals surface area contributed by atoms with Crippen molar-refractivity contribution < 1.29 is 9.53 Å². The van der Waals surface area contributed by atoms with Crippen LogP contribution in [0.15, 0.2) is 23.6 Å². The number of aryl methyl sites for hydroxylation is 1. The molecule has 37 heavy (non-hydrogen) atoms. The van der Waals surface area contributed by atoms with Crippen LogP contribution in [0.25, 0.3) is 11.3 Å². The number of thiazole rings is 1. The lowest BCUT2D eigenvalue weighted by Gasteiger charge is -2.39. The number of ether oxygens (including phenoxy) is 1. The number of urea groups is 1. The number of hydrogen-bond acceptors (Lipinski definition) is 6. The van der Waals surface area contributed by atoms with E-state index in [2.05, 4.69) is 40.2 Å². The number of benzene rings is 1. The summed E-state index contributed by atoms with van der Waals surface area (Å²) in [5.74, 6) is 1.63. The molecule has 8 heteroatoms. The Kier molecular flexibility index (Phi) is 9.00. The van der Waals surface area contributed by atoms with E-state index in [4.69, 9.17) is 9.72 Å². The van der Waals surface area contributed by atoms with Gasteiger partial charge in [0.1, 0.15) is 5.75 Å². The summed E-state index contributed by atoms with van der Waals surface area (Å²) in [6.45, 7) is 12.0. The normalized spacial score (nSPS) is 21.2. The molecule has 5 rings (SSSR count). The predicted molar refractivity (Wildman–Crippen MR) is 152 cm³/mol. The molecule has 0 spiro atoms. The van der Waals surface area contributed by atoms with Gasteiger partial charge in [-0.3, -0.25) is 10.2 Å². The van der Waals surface area contributed by atoms with Crippen molar-refractivity contribution in [1.29, 1.82) is 0 Å². The summed E-state index contributed by atoms with van der Waals surface area (Å²) >= 11 is 1.48. The summed E-state index contributed by atoms with van der Waals surface area (Å²) in [7, 11) is 0. The summed E-state index contributed by atoms with van der Waals surface area (Å²) in [5, 5.41) is 5.71. The second-order valence-corrected chi connectivity index (χ2v) is 11.7. The molecule has 1 aromatic heterocycles. The molecule has 1 aromatic carbocycles. The van der Waals surface area contributed by atoms with Gasteiger partial charge in [0.15, 0.2) is 5.13 Å². The quantitative estimate of drug-likeness (QED) is 0.439. The highest BCUT2D eigenvalue weighted by Gasteiger charge is 2.33. The molecule has 2 aliphatic heterocycles. The monoisotopic (exact) mass is 525 g/mol. The van der Waals surface area contributed by atoms with E-state index in [0.717, 1.165) is 61.6 Å². The van der Waals surface area contributed by atoms with Gasteiger partial charge in [-0.1, -0.05) is 19.4 Å². The van der Waals surface area contributed by atoms with Crippen molar-refractivity contribution in [3.05, 3.63) is 29.1 Å². The smallest absolute Gasteiger partial charge is 0.323 e. The summed E-state index contributed by atoms with van der Waals surface area (Å²) in [6.07, 6.45) is 8.88. The number of anilines is 1. The van der Waals surface area contributed by atoms with Crippen LogP contribution in [-0.4, -0.2) is 84.2 Å². The zero-order valence-corrected chi connectivity index (χ0v) is 23.4. The van der Waals surface area contributed by atoms with Crippen molar-refractivity contribution in [2.24, 2.45) is 5.92 Å². The van der Waals surface area contributed by atoms with Gasteiger partial charge in [-0.15, -0.1) is 11.3 Å². The molecule has 1 atom stereocenters. The lowest BCUT2D eigenvalue weighted by Crippen LogP contribution is -2.52. The van der Waals surface area contributed by atoms with E-state index in [9.17, 15) is 4.79 Å². The number of likely N-dealkylation sites (tertiary alicyclic amines) is 1. The van der Waals surface area contributed by atoms with Crippen molar-refractivity contribution in [2.45, 2.75) is 64.8 Å². The second kappa shape index (κ2) is 12.6. The van der Waals surface area contributed by atoms with Crippen molar-refractivity contribution in [3.63, 3.8) is 0 Å². The maximum Gasteiger partial charge on any atom is 0.323 e. The fraction of sp³-hybridized carbons (Fsp3) is 0.655. The lowest BCUT2D eigenvalue weighted by atomic mass is 9.97. The fourth-order valence-electron chi connectivity index (χ4n) is 5.74. The maximum absolute atomic E-state index is 13.0. The van der Waals surface area contributed by atoms with Crippen molar-refractivity contribution in [3.8, 4) is 17.0 Å². The van der Waals surface area contributed by atoms with Gasteiger partial charge in [-0.05, 0) is 75.6 Å². The molecule has 0 radical (unpaired) electrons. The molecule has 202 valence electrons. The molecule has 1 aliphatic carbocycles. The largest absolute Gasteiger partial charge is 0.493 e. The van der Waals surface area contributed by atoms with E-state index in [1.807, 2.05) is 17.2 Å². The summed E-state index contributed by atoms with van der Waals surface area (Å²) < 4.78 is 5.88. The molecule has 0 bridgehead atoms. The van der Waals surface area contributed by atoms with Crippen molar-refractivity contribution in [2.75, 3.05) is 57.7 Å². The molecule has 2 amide bonds. The van der Waals surface area contributed by atoms with Crippen LogP contribution in [-0.2, 0) is 6.42 Å². The number of rotatable bonds is 10. The van der Waals surface area contributed by atoms with E-state index < -0.39 is 0 Å². The van der Waals surface area contributed by atoms with Crippen LogP contribution in [0.3, 0.4) is 0 Å². The van der Waals surface area contributed by atoms with E-state index in [0.29, 0.717) is 11.7 Å². The van der Waals surface area contributed by atoms with Gasteiger partial charge in [0.25, 0.3) is 0 Å². The lowest BCUT2D eigenvalue weighted by molar-refractivity contribution is 0.0982. The summed E-state index contributed by atoms with van der Waals surface area (Å²) in [4.78, 5) is 25.0. The number of amides is 2. The Morgan fingerprint density at radius 3 is 2.73 bits per heavy atom. The van der Waals surface area contributed by atoms with Crippen LogP contribution in [0.1, 0.15) is 57.9 Å². The Hall–Kier alpha value is -2.16. The van der Waals surface area contributed by atoms with Gasteiger partial charge in [0.05, 0.1) is 12.3 Å². The van der Waals surface area contributed by atoms with E-state index in [-0.39, 0.29) is 6.03 Å². The Balaban J connectivity index is 1.13. The van der Waals surface area contributed by atoms with E-state index >= 15 is 0 Å². The molecule has 3 heterocycles. The second-order valence-electron chi connectivity index (χ2n) is 10.9. The molecule has 1 saturated carbocycles. The Bertz CT molecular complexity index is 1030. The Labute approximate surface area is 226 Å². The van der Waals surface area contributed by atoms with E-state index in [1.165, 1.54) is 75.1 Å². The molecule has 3 fully saturated rings. The summed E-state index contributed by atoms with van der Waals surface area (Å²) in [6, 6.07) is 7.23. The van der Waals surface area contributed by atoms with Gasteiger partial charge in [-0.2, -0.15) is 0 Å². The average Bonchev–Trinajstić information content (AvgIpc) is 3.68. The van der Waals surface area contributed by atoms with Crippen LogP contribution in [0, 0.1) is 5.92 Å². The highest BCUT2D eigenvalue weighted by atomic mass is 32.1. The zero-order valence-electron chi connectivity index (χ0n) is 22.6. The molecule has 2 saturated heterocycles. The molecule has 1 N–H and O–H groups in total. The van der Waals surface area contributed by atoms with Gasteiger partial charge in [-0.25, -0.2) is 9.78 Å². The topological polar surface area (TPSA) is 60.9 Å². The van der Waals surface area contributed by atoms with Crippen LogP contribution in [0.5, 0.6) is 5.75 Å². The van der Waals surface area contributed by atoms with Crippen LogP contribution in [0.2, 0.25) is 0 Å². The van der Waals surface area contributed by atoms with Crippen molar-refractivity contribution >= 4 is 22.5 Å². The number of piperidine rings is 1. The number of carbonyl (C=O) groups is 1. The Morgan fingerprint density at radius 1 is 1.14 bits per heavy atom. The minimum Gasteiger partial charge on any atom is -0.493 e. The number of hydrogen-bond donors (Lipinski definition) is 1. The number of piperazine rings is 1. The molecule has 3 aliphatic rings. The SMILES string of the molecule is CCCCc1ccc(OCC)c(-c2csc(NC(=O)N3CCN(C[C@@H]4CCCN(C5CC5)C4)CC3)n2)c1. The minimum absolute atomic E-state index is 0.0418. The third kappa shape index (κ3) is 7.03. The zero-order chi connectivity index (χ0) is 25.6. The fourth-order valence-corrected chi connectivity index (χ4v) is 6.44. The molecule has 7 nitrogen and oxygen atoms in total. The molecule has 0 unspecified atom stereocenters. The van der Waals surface area contributed by atoms with Gasteiger partial charge in [0, 0.05) is 56.3 Å². The first-order chi connectivity index (χ1) is 18.1. The van der Waals surface area contributed by atoms with E-state index in [1.54, 1.807) is 0 Å². The minimum atomic E-state index is -0.0418. The van der Waals surface area contributed by atoms with Gasteiger partial charge < -0.3 is 14.5 Å². The third-order valence-corrected chi connectivity index (χ3v) is 8.70. The number of nitrogens with one attached hydrogen (secondary N) is 1. The first-order valence-electron chi connectivity index (χ1n) is 14.4. The van der Waals surface area contributed by atoms with Crippen molar-refractivity contribution in [1.82, 2.24) is 19.7 Å². The van der Waals surface area contributed by atoms with Gasteiger partial charge in [0.2, 0.25) is 0 Å². The maximum atomic E-state index is 13.0.